The molecule has 0 bridgehead atoms. The molecule has 0 fully saturated rings. The summed E-state index contributed by atoms with van der Waals surface area (Å²) < 4.78 is 52.8. The zero-order valence-corrected chi connectivity index (χ0v) is 15.2. The van der Waals surface area contributed by atoms with Crippen LogP contribution in [0.15, 0.2) is 72.5 Å². The molecule has 150 valence electrons. The summed E-state index contributed by atoms with van der Waals surface area (Å²) in [6.45, 7) is 0. The number of hydrogen-bond donors (Lipinski definition) is 1. The molecule has 3 aromatic carbocycles. The van der Waals surface area contributed by atoms with Gasteiger partial charge in [0, 0.05) is 16.8 Å². The van der Waals surface area contributed by atoms with Gasteiger partial charge in [0.2, 0.25) is 0 Å². The molecule has 1 N–H and O–H groups in total. The maximum atomic E-state index is 13.4. The third kappa shape index (κ3) is 3.58. The third-order valence-corrected chi connectivity index (χ3v) is 4.65. The predicted octanol–water partition coefficient (Wildman–Crippen LogP) is 6.35. The maximum Gasteiger partial charge on any atom is 0.416 e. The van der Waals surface area contributed by atoms with Crippen LogP contribution in [0.4, 0.5) is 28.9 Å². The van der Waals surface area contributed by atoms with Crippen LogP contribution in [0.3, 0.4) is 0 Å². The van der Waals surface area contributed by atoms with Gasteiger partial charge in [-0.15, -0.1) is 0 Å². The molecule has 4 rings (SSSR count). The fourth-order valence-electron chi connectivity index (χ4n) is 3.25. The monoisotopic (exact) mass is 411 g/mol. The van der Waals surface area contributed by atoms with Crippen LogP contribution in [0.25, 0.3) is 11.8 Å². The van der Waals surface area contributed by atoms with Crippen LogP contribution in [-0.4, -0.2) is 11.1 Å². The van der Waals surface area contributed by atoms with Gasteiger partial charge in [-0.3, -0.25) is 0 Å². The highest BCUT2D eigenvalue weighted by molar-refractivity contribution is 5.96. The Morgan fingerprint density at radius 3 is 2.37 bits per heavy atom. The van der Waals surface area contributed by atoms with Crippen molar-refractivity contribution in [2.45, 2.75) is 6.18 Å². The fourth-order valence-corrected chi connectivity index (χ4v) is 3.25. The van der Waals surface area contributed by atoms with Crippen molar-refractivity contribution in [3.05, 3.63) is 101 Å². The van der Waals surface area contributed by atoms with Crippen LogP contribution in [-0.2, 0) is 6.18 Å². The van der Waals surface area contributed by atoms with E-state index in [-0.39, 0.29) is 11.1 Å². The molecule has 1 aliphatic rings. The number of benzene rings is 3. The Kier molecular flexibility index (Phi) is 4.68. The van der Waals surface area contributed by atoms with Gasteiger partial charge in [-0.05, 0) is 66.7 Å². The van der Waals surface area contributed by atoms with E-state index in [1.54, 1.807) is 17.0 Å². The first kappa shape index (κ1) is 19.5. The summed E-state index contributed by atoms with van der Waals surface area (Å²) >= 11 is 0. The van der Waals surface area contributed by atoms with Crippen molar-refractivity contribution in [3.8, 4) is 0 Å². The quantitative estimate of drug-likeness (QED) is 0.403. The van der Waals surface area contributed by atoms with Gasteiger partial charge < -0.3 is 10.0 Å². The number of rotatable bonds is 3. The lowest BCUT2D eigenvalue weighted by Crippen LogP contribution is -2.19. The van der Waals surface area contributed by atoms with Crippen molar-refractivity contribution < 1.29 is 27.5 Å². The number of aromatic carboxylic acids is 1. The molecule has 3 aromatic rings. The summed E-state index contributed by atoms with van der Waals surface area (Å²) in [6.07, 6.45) is -3.07. The van der Waals surface area contributed by atoms with Crippen molar-refractivity contribution in [2.24, 2.45) is 0 Å². The van der Waals surface area contributed by atoms with Gasteiger partial charge in [0.25, 0.3) is 0 Å². The van der Waals surface area contributed by atoms with E-state index in [4.69, 9.17) is 0 Å². The van der Waals surface area contributed by atoms with E-state index in [0.29, 0.717) is 22.6 Å². The minimum absolute atomic E-state index is 0.0222. The van der Waals surface area contributed by atoms with Gasteiger partial charge in [-0.1, -0.05) is 11.8 Å². The summed E-state index contributed by atoms with van der Waals surface area (Å²) in [7, 11) is 0. The first-order valence-corrected chi connectivity index (χ1v) is 8.81. The molecule has 0 aromatic heterocycles. The fraction of sp³-hybridized carbons (Fsp3) is 0.0435. The lowest BCUT2D eigenvalue weighted by molar-refractivity contribution is -0.137. The van der Waals surface area contributed by atoms with Crippen molar-refractivity contribution in [2.75, 3.05) is 4.90 Å². The van der Waals surface area contributed by atoms with E-state index in [1.165, 1.54) is 48.5 Å². The van der Waals surface area contributed by atoms with Gasteiger partial charge in [0.15, 0.2) is 0 Å². The zero-order valence-electron chi connectivity index (χ0n) is 15.2. The molecule has 7 heteroatoms. The molecule has 0 saturated carbocycles. The molecule has 0 saturated heterocycles. The number of hydrogen-bond acceptors (Lipinski definition) is 2. The summed E-state index contributed by atoms with van der Waals surface area (Å²) in [5.74, 6) is -1.57. The lowest BCUT2D eigenvalue weighted by atomic mass is 10.00. The summed E-state index contributed by atoms with van der Waals surface area (Å²) in [4.78, 5) is 13.0. The number of halogens is 4. The van der Waals surface area contributed by atoms with Crippen LogP contribution in [0, 0.1) is 5.82 Å². The first-order chi connectivity index (χ1) is 14.2. The van der Waals surface area contributed by atoms with Crippen molar-refractivity contribution in [1.29, 1.82) is 0 Å². The van der Waals surface area contributed by atoms with Gasteiger partial charge in [0.05, 0.1) is 22.5 Å². The Morgan fingerprint density at radius 2 is 1.70 bits per heavy atom. The number of alkyl halides is 3. The number of carboxylic acids is 1. The minimum Gasteiger partial charge on any atom is -0.478 e. The second-order valence-corrected chi connectivity index (χ2v) is 6.61. The summed E-state index contributed by atoms with van der Waals surface area (Å²) in [5, 5.41) is 9.33. The second kappa shape index (κ2) is 7.21. The van der Waals surface area contributed by atoms with E-state index in [1.807, 2.05) is 0 Å². The molecule has 1 heterocycles. The Morgan fingerprint density at radius 1 is 0.967 bits per heavy atom. The maximum absolute atomic E-state index is 13.4. The number of fused-ring (bicyclic) bond motifs is 1. The Bertz CT molecular complexity index is 1210. The van der Waals surface area contributed by atoms with Crippen LogP contribution < -0.4 is 4.90 Å². The van der Waals surface area contributed by atoms with Crippen LogP contribution >= 0.6 is 0 Å². The van der Waals surface area contributed by atoms with Crippen molar-refractivity contribution in [3.63, 3.8) is 0 Å². The smallest absolute Gasteiger partial charge is 0.416 e. The second-order valence-electron chi connectivity index (χ2n) is 6.61. The average molecular weight is 411 g/mol. The molecule has 1 aliphatic heterocycles. The normalized spacial score (nSPS) is 13.1. The number of carbonyl (C=O) groups is 1. The summed E-state index contributed by atoms with van der Waals surface area (Å²) in [5.41, 5.74) is 4.33. The molecule has 3 nitrogen and oxygen atoms in total. The molecule has 0 spiro atoms. The lowest BCUT2D eigenvalue weighted by Gasteiger charge is -2.30. The third-order valence-electron chi connectivity index (χ3n) is 4.65. The zero-order chi connectivity index (χ0) is 21.5. The standard InChI is InChI=1S/C23H13F4NO2/c24-18-8-4-14(5-9-18)20-10-6-15-12-17(23(25,26)27)7-11-21(15)28(20)19-3-1-2-16(13-19)22(29)30/h1-9,11-13H,(H,29,30). The van der Waals surface area contributed by atoms with Gasteiger partial charge in [-0.25, -0.2) is 9.18 Å². The van der Waals surface area contributed by atoms with E-state index in [0.717, 1.165) is 12.1 Å². The highest BCUT2D eigenvalue weighted by Crippen LogP contribution is 2.42. The van der Waals surface area contributed by atoms with Crippen molar-refractivity contribution >= 4 is 29.1 Å². The topological polar surface area (TPSA) is 40.5 Å². The Labute approximate surface area is 168 Å². The molecule has 0 radical (unpaired) electrons. The Hall–Kier alpha value is -3.83. The number of nitrogens with zero attached hydrogens (tertiary/aromatic N) is 1. The van der Waals surface area contributed by atoms with E-state index in [2.05, 4.69) is 5.73 Å². The molecule has 0 atom stereocenters. The average Bonchev–Trinajstić information content (AvgIpc) is 2.72. The number of anilines is 2. The first-order valence-electron chi connectivity index (χ1n) is 8.81. The van der Waals surface area contributed by atoms with Gasteiger partial charge in [-0.2, -0.15) is 13.2 Å². The predicted molar refractivity (Wildman–Crippen MR) is 105 cm³/mol. The SMILES string of the molecule is O=C(O)c1cccc(N2C(c3ccc(F)cc3)=C=Cc3cc(C(F)(F)F)ccc32)c1. The minimum atomic E-state index is -4.50. The molecular formula is C23H13F4NO2. The summed E-state index contributed by atoms with van der Waals surface area (Å²) in [6, 6.07) is 14.9. The molecule has 0 aliphatic carbocycles. The molecule has 0 amide bonds. The highest BCUT2D eigenvalue weighted by atomic mass is 19.4. The van der Waals surface area contributed by atoms with Crippen molar-refractivity contribution in [1.82, 2.24) is 0 Å². The largest absolute Gasteiger partial charge is 0.478 e. The molecule has 30 heavy (non-hydrogen) atoms. The molecule has 0 unspecified atom stereocenters. The van der Waals surface area contributed by atoms with E-state index in [9.17, 15) is 27.5 Å². The number of carboxylic acid groups (broad SMARTS) is 1. The Balaban J connectivity index is 1.94. The van der Waals surface area contributed by atoms with Crippen LogP contribution in [0.1, 0.15) is 27.0 Å². The van der Waals surface area contributed by atoms with Crippen LogP contribution in [0.5, 0.6) is 0 Å². The molecular weight excluding hydrogens is 398 g/mol. The van der Waals surface area contributed by atoms with E-state index >= 15 is 0 Å². The van der Waals surface area contributed by atoms with Crippen LogP contribution in [0.2, 0.25) is 0 Å². The van der Waals surface area contributed by atoms with Gasteiger partial charge in [0.1, 0.15) is 5.82 Å². The van der Waals surface area contributed by atoms with Gasteiger partial charge >= 0.3 is 12.1 Å². The van der Waals surface area contributed by atoms with E-state index < -0.39 is 23.5 Å². The highest BCUT2D eigenvalue weighted by Gasteiger charge is 2.32.